The number of rotatable bonds is 6. The van der Waals surface area contributed by atoms with Crippen LogP contribution in [0.25, 0.3) is 10.9 Å². The number of fused-ring (bicyclic) bond motifs is 1. The van der Waals surface area contributed by atoms with Crippen LogP contribution in [0.4, 0.5) is 5.69 Å². The minimum atomic E-state index is 0.0605. The number of likely N-dealkylation sites (tertiary alicyclic amines) is 1. The van der Waals surface area contributed by atoms with Crippen molar-refractivity contribution < 1.29 is 4.79 Å². The lowest BCUT2D eigenvalue weighted by Gasteiger charge is -2.39. The molecule has 37 heavy (non-hydrogen) atoms. The predicted molar refractivity (Wildman–Crippen MR) is 155 cm³/mol. The minimum absolute atomic E-state index is 0.0605. The number of amides is 1. The molecule has 0 radical (unpaired) electrons. The van der Waals surface area contributed by atoms with Gasteiger partial charge in [0.15, 0.2) is 0 Å². The molecule has 0 saturated carbocycles. The van der Waals surface area contributed by atoms with Crippen molar-refractivity contribution in [2.24, 2.45) is 0 Å². The molecule has 192 valence electrons. The Morgan fingerprint density at radius 1 is 0.946 bits per heavy atom. The number of aromatic nitrogens is 1. The highest BCUT2D eigenvalue weighted by Gasteiger charge is 2.30. The largest absolute Gasteiger partial charge is 0.359 e. The Morgan fingerprint density at radius 3 is 2.32 bits per heavy atom. The van der Waals surface area contributed by atoms with Crippen molar-refractivity contribution >= 4 is 22.5 Å². The van der Waals surface area contributed by atoms with Gasteiger partial charge in [0.1, 0.15) is 0 Å². The number of hydrogen-bond acceptors (Lipinski definition) is 2. The van der Waals surface area contributed by atoms with Crippen LogP contribution in [0.3, 0.4) is 0 Å². The summed E-state index contributed by atoms with van der Waals surface area (Å²) in [6.07, 6.45) is 3.02. The molecule has 1 fully saturated rings. The molecule has 1 aliphatic heterocycles. The summed E-state index contributed by atoms with van der Waals surface area (Å²) in [7, 11) is 0. The number of H-pyrrole nitrogens is 1. The van der Waals surface area contributed by atoms with Gasteiger partial charge in [-0.25, -0.2) is 0 Å². The maximum atomic E-state index is 14.0. The van der Waals surface area contributed by atoms with Crippen molar-refractivity contribution in [3.05, 3.63) is 101 Å². The zero-order chi connectivity index (χ0) is 26.0. The Labute approximate surface area is 221 Å². The number of hydrogen-bond donors (Lipinski definition) is 1. The second kappa shape index (κ2) is 10.5. The number of aryl methyl sites for hydroxylation is 1. The summed E-state index contributed by atoms with van der Waals surface area (Å²) in [4.78, 5) is 22.1. The fourth-order valence-corrected chi connectivity index (χ4v) is 5.49. The predicted octanol–water partition coefficient (Wildman–Crippen LogP) is 7.13. The van der Waals surface area contributed by atoms with Gasteiger partial charge in [0.2, 0.25) is 0 Å². The minimum Gasteiger partial charge on any atom is -0.359 e. The van der Waals surface area contributed by atoms with E-state index in [4.69, 9.17) is 0 Å². The molecule has 0 spiro atoms. The van der Waals surface area contributed by atoms with Crippen LogP contribution < -0.4 is 4.90 Å². The van der Waals surface area contributed by atoms with Crippen LogP contribution >= 0.6 is 0 Å². The van der Waals surface area contributed by atoms with Crippen LogP contribution in [-0.2, 0) is 11.8 Å². The van der Waals surface area contributed by atoms with Crippen molar-refractivity contribution in [1.82, 2.24) is 9.88 Å². The van der Waals surface area contributed by atoms with Crippen LogP contribution in [0.2, 0.25) is 0 Å². The molecule has 1 N–H and O–H groups in total. The van der Waals surface area contributed by atoms with E-state index in [1.54, 1.807) is 0 Å². The van der Waals surface area contributed by atoms with Gasteiger partial charge in [-0.15, -0.1) is 0 Å². The molecule has 3 aromatic carbocycles. The first kappa shape index (κ1) is 25.3. The molecule has 1 aromatic heterocycles. The molecule has 0 atom stereocenters. The second-order valence-electron chi connectivity index (χ2n) is 11.5. The number of benzene rings is 3. The fraction of sp³-hybridized carbons (Fsp3) is 0.364. The number of nitrogens with one attached hydrogen (secondary N) is 1. The van der Waals surface area contributed by atoms with Gasteiger partial charge in [0.05, 0.1) is 0 Å². The van der Waals surface area contributed by atoms with Gasteiger partial charge in [-0.1, -0.05) is 63.2 Å². The van der Waals surface area contributed by atoms with Crippen molar-refractivity contribution in [2.75, 3.05) is 24.5 Å². The van der Waals surface area contributed by atoms with Gasteiger partial charge in [-0.2, -0.15) is 0 Å². The smallest absolute Gasteiger partial charge is 0.258 e. The highest BCUT2D eigenvalue weighted by Crippen LogP contribution is 2.30. The van der Waals surface area contributed by atoms with Crippen molar-refractivity contribution in [2.45, 2.75) is 58.4 Å². The number of piperidine rings is 1. The highest BCUT2D eigenvalue weighted by atomic mass is 16.2. The Morgan fingerprint density at radius 2 is 1.65 bits per heavy atom. The van der Waals surface area contributed by atoms with E-state index in [1.165, 1.54) is 11.1 Å². The average Bonchev–Trinajstić information content (AvgIpc) is 3.28. The molecule has 1 aliphatic rings. The summed E-state index contributed by atoms with van der Waals surface area (Å²) < 4.78 is 0. The van der Waals surface area contributed by atoms with Gasteiger partial charge in [0, 0.05) is 53.5 Å². The van der Waals surface area contributed by atoms with E-state index in [1.807, 2.05) is 12.1 Å². The van der Waals surface area contributed by atoms with E-state index in [0.717, 1.165) is 66.7 Å². The molecule has 1 saturated heterocycles. The van der Waals surface area contributed by atoms with Crippen LogP contribution in [0, 0.1) is 6.92 Å². The molecule has 4 aromatic rings. The lowest BCUT2D eigenvalue weighted by atomic mass is 9.86. The zero-order valence-corrected chi connectivity index (χ0v) is 22.6. The standard InChI is InChI=1S/C33H39N3O/c1-24-22-27-23-30(14-15-31(27)34-24)36(32(37)26-10-12-28(13-11-26)33(2,3)4)29-17-20-35(21-18-29)19-16-25-8-6-5-7-9-25/h5-15,22-23,29,34H,16-21H2,1-4H3. The Balaban J connectivity index is 1.37. The second-order valence-corrected chi connectivity index (χ2v) is 11.5. The maximum Gasteiger partial charge on any atom is 0.258 e. The SMILES string of the molecule is Cc1cc2cc(N(C(=O)c3ccc(C(C)(C)C)cc3)C3CCN(CCc4ccccc4)CC3)ccc2[nH]1. The zero-order valence-electron chi connectivity index (χ0n) is 22.6. The third kappa shape index (κ3) is 5.80. The number of carbonyl (C=O) groups is 1. The quantitative estimate of drug-likeness (QED) is 0.310. The summed E-state index contributed by atoms with van der Waals surface area (Å²) in [6, 6.07) is 27.6. The summed E-state index contributed by atoms with van der Waals surface area (Å²) in [5.74, 6) is 0.0924. The fourth-order valence-electron chi connectivity index (χ4n) is 5.49. The lowest BCUT2D eigenvalue weighted by molar-refractivity contribution is 0.0960. The first-order valence-corrected chi connectivity index (χ1v) is 13.6. The van der Waals surface area contributed by atoms with E-state index >= 15 is 0 Å². The van der Waals surface area contributed by atoms with Gasteiger partial charge >= 0.3 is 0 Å². The van der Waals surface area contributed by atoms with Crippen LogP contribution in [0.15, 0.2) is 78.9 Å². The summed E-state index contributed by atoms with van der Waals surface area (Å²) in [5.41, 5.74) is 6.67. The average molecular weight is 494 g/mol. The monoisotopic (exact) mass is 493 g/mol. The summed E-state index contributed by atoms with van der Waals surface area (Å²) >= 11 is 0. The van der Waals surface area contributed by atoms with Gasteiger partial charge < -0.3 is 14.8 Å². The summed E-state index contributed by atoms with van der Waals surface area (Å²) in [5, 5.41) is 1.15. The Kier molecular flexibility index (Phi) is 7.21. The molecule has 0 bridgehead atoms. The van der Waals surface area contributed by atoms with Crippen molar-refractivity contribution in [3.8, 4) is 0 Å². The Bertz CT molecular complexity index is 1340. The first-order valence-electron chi connectivity index (χ1n) is 13.6. The number of nitrogens with zero attached hydrogens (tertiary/aromatic N) is 2. The van der Waals surface area contributed by atoms with E-state index in [-0.39, 0.29) is 17.4 Å². The van der Waals surface area contributed by atoms with Crippen LogP contribution in [0.5, 0.6) is 0 Å². The molecule has 5 rings (SSSR count). The molecular formula is C33H39N3O. The molecule has 0 aliphatic carbocycles. The van der Waals surface area contributed by atoms with Crippen molar-refractivity contribution in [3.63, 3.8) is 0 Å². The highest BCUT2D eigenvalue weighted by molar-refractivity contribution is 6.07. The molecule has 4 heteroatoms. The van der Waals surface area contributed by atoms with Crippen LogP contribution in [0.1, 0.15) is 60.8 Å². The van der Waals surface area contributed by atoms with Gasteiger partial charge in [-0.05, 0) is 79.1 Å². The number of carbonyl (C=O) groups excluding carboxylic acids is 1. The van der Waals surface area contributed by atoms with Gasteiger partial charge in [-0.3, -0.25) is 4.79 Å². The molecule has 4 nitrogen and oxygen atoms in total. The molecule has 0 unspecified atom stereocenters. The van der Waals surface area contributed by atoms with Gasteiger partial charge in [0.25, 0.3) is 5.91 Å². The topological polar surface area (TPSA) is 39.3 Å². The summed E-state index contributed by atoms with van der Waals surface area (Å²) in [6.45, 7) is 11.8. The third-order valence-electron chi connectivity index (χ3n) is 7.72. The number of aromatic amines is 1. The van der Waals surface area contributed by atoms with Crippen LogP contribution in [-0.4, -0.2) is 41.5 Å². The normalized spacial score (nSPS) is 15.2. The molecule has 1 amide bonds. The van der Waals surface area contributed by atoms with E-state index in [0.29, 0.717) is 0 Å². The maximum absolute atomic E-state index is 14.0. The Hall–Kier alpha value is -3.37. The third-order valence-corrected chi connectivity index (χ3v) is 7.72. The van der Waals surface area contributed by atoms with E-state index in [2.05, 4.69) is 109 Å². The molecule has 2 heterocycles. The first-order chi connectivity index (χ1) is 17.8. The van der Waals surface area contributed by atoms with E-state index < -0.39 is 0 Å². The number of anilines is 1. The van der Waals surface area contributed by atoms with Crippen molar-refractivity contribution in [1.29, 1.82) is 0 Å². The lowest BCUT2D eigenvalue weighted by Crippen LogP contribution is -2.48. The van der Waals surface area contributed by atoms with E-state index in [9.17, 15) is 4.79 Å². The molecular weight excluding hydrogens is 454 g/mol.